The molecule has 0 aliphatic heterocycles. The molecule has 1 aliphatic rings. The Bertz CT molecular complexity index is 170. The van der Waals surface area contributed by atoms with Gasteiger partial charge in [-0.2, -0.15) is 0 Å². The van der Waals surface area contributed by atoms with Gasteiger partial charge in [-0.15, -0.1) is 11.6 Å². The van der Waals surface area contributed by atoms with E-state index in [1.807, 2.05) is 0 Å². The topological polar surface area (TPSA) is 17.1 Å². The number of hydrogen-bond acceptors (Lipinski definition) is 1. The van der Waals surface area contributed by atoms with Crippen molar-refractivity contribution in [1.82, 2.24) is 0 Å². The van der Waals surface area contributed by atoms with E-state index < -0.39 is 16.3 Å². The van der Waals surface area contributed by atoms with Gasteiger partial charge in [0, 0.05) is 6.42 Å². The Balaban J connectivity index is 2.76. The lowest BCUT2D eigenvalue weighted by Gasteiger charge is -2.18. The van der Waals surface area contributed by atoms with Crippen molar-refractivity contribution in [3.8, 4) is 0 Å². The van der Waals surface area contributed by atoms with Gasteiger partial charge in [-0.25, -0.2) is 4.39 Å². The van der Waals surface area contributed by atoms with Gasteiger partial charge in [0.05, 0.1) is 5.38 Å². The molecule has 1 nitrogen and oxygen atoms in total. The number of halogens is 3. The highest BCUT2D eigenvalue weighted by Crippen LogP contribution is 2.35. The van der Waals surface area contributed by atoms with Crippen LogP contribution in [0, 0.1) is 0 Å². The highest BCUT2D eigenvalue weighted by Gasteiger charge is 2.43. The summed E-state index contributed by atoms with van der Waals surface area (Å²) < 4.78 is 13.2. The van der Waals surface area contributed by atoms with Crippen LogP contribution in [0.5, 0.6) is 0 Å². The average Bonchev–Trinajstić information content (AvgIpc) is 2.03. The molecule has 1 rings (SSSR count). The largest absolute Gasteiger partial charge is 0.295 e. The first kappa shape index (κ1) is 9.27. The molecule has 0 saturated heterocycles. The Hall–Kier alpha value is 0.180. The van der Waals surface area contributed by atoms with Crippen LogP contribution >= 0.6 is 23.2 Å². The van der Waals surface area contributed by atoms with Gasteiger partial charge in [-0.05, 0) is 12.8 Å². The highest BCUT2D eigenvalue weighted by atomic mass is 35.5. The van der Waals surface area contributed by atoms with Crippen LogP contribution in [0.3, 0.4) is 0 Å². The molecule has 4 heteroatoms. The van der Waals surface area contributed by atoms with Crippen LogP contribution in [0.1, 0.15) is 25.7 Å². The fraction of sp³-hybridized carbons (Fsp3) is 0.857. The van der Waals surface area contributed by atoms with Gasteiger partial charge in [-0.1, -0.05) is 18.0 Å². The summed E-state index contributed by atoms with van der Waals surface area (Å²) in [5, 5.41) is -3.18. The molecule has 0 N–H and O–H groups in total. The standard InChI is InChI=1S/C7H9Cl2FO/c8-5-3-1-2-4-6(11)7(5,9)10/h5H,1-4H2. The Morgan fingerprint density at radius 1 is 1.55 bits per heavy atom. The molecule has 0 aromatic heterocycles. The van der Waals surface area contributed by atoms with Gasteiger partial charge in [0.15, 0.2) is 5.78 Å². The van der Waals surface area contributed by atoms with Crippen LogP contribution in [0.2, 0.25) is 0 Å². The van der Waals surface area contributed by atoms with E-state index in [9.17, 15) is 9.18 Å². The third-order valence-corrected chi connectivity index (χ3v) is 2.98. The van der Waals surface area contributed by atoms with E-state index in [0.29, 0.717) is 12.8 Å². The Morgan fingerprint density at radius 2 is 2.18 bits per heavy atom. The molecule has 2 unspecified atom stereocenters. The molecule has 11 heavy (non-hydrogen) atoms. The molecule has 0 aromatic carbocycles. The van der Waals surface area contributed by atoms with E-state index in [2.05, 4.69) is 0 Å². The molecule has 0 aromatic rings. The third-order valence-electron chi connectivity index (χ3n) is 1.88. The Morgan fingerprint density at radius 3 is 2.82 bits per heavy atom. The van der Waals surface area contributed by atoms with E-state index in [1.54, 1.807) is 0 Å². The van der Waals surface area contributed by atoms with Crippen LogP contribution in [-0.2, 0) is 4.79 Å². The van der Waals surface area contributed by atoms with Crippen molar-refractivity contribution in [2.24, 2.45) is 0 Å². The fourth-order valence-corrected chi connectivity index (χ4v) is 1.61. The second-order valence-corrected chi connectivity index (χ2v) is 3.84. The third kappa shape index (κ3) is 1.85. The number of alkyl halides is 3. The summed E-state index contributed by atoms with van der Waals surface area (Å²) in [5.41, 5.74) is 0. The predicted octanol–water partition coefficient (Wildman–Crippen LogP) is 2.64. The van der Waals surface area contributed by atoms with Crippen molar-refractivity contribution in [3.05, 3.63) is 0 Å². The zero-order valence-corrected chi connectivity index (χ0v) is 7.46. The molecule has 1 saturated carbocycles. The quantitative estimate of drug-likeness (QED) is 0.433. The van der Waals surface area contributed by atoms with Crippen LogP contribution in [0.4, 0.5) is 4.39 Å². The molecule has 1 fully saturated rings. The zero-order valence-electron chi connectivity index (χ0n) is 5.95. The molecule has 2 atom stereocenters. The molecule has 0 bridgehead atoms. The summed E-state index contributed by atoms with van der Waals surface area (Å²) in [6.07, 6.45) is 2.16. The first-order valence-corrected chi connectivity index (χ1v) is 4.42. The van der Waals surface area contributed by atoms with Gasteiger partial charge >= 0.3 is 0 Å². The highest BCUT2D eigenvalue weighted by molar-refractivity contribution is 6.40. The van der Waals surface area contributed by atoms with Crippen molar-refractivity contribution in [2.75, 3.05) is 0 Å². The van der Waals surface area contributed by atoms with E-state index in [4.69, 9.17) is 23.2 Å². The maximum Gasteiger partial charge on any atom is 0.257 e. The summed E-state index contributed by atoms with van der Waals surface area (Å²) in [4.78, 5) is 11.0. The minimum Gasteiger partial charge on any atom is -0.295 e. The van der Waals surface area contributed by atoms with Gasteiger partial charge < -0.3 is 0 Å². The van der Waals surface area contributed by atoms with Crippen molar-refractivity contribution in [2.45, 2.75) is 36.2 Å². The minimum atomic E-state index is -2.32. The van der Waals surface area contributed by atoms with Crippen LogP contribution in [0.15, 0.2) is 0 Å². The molecular weight excluding hydrogens is 190 g/mol. The summed E-state index contributed by atoms with van der Waals surface area (Å²) >= 11 is 10.9. The number of carbonyl (C=O) groups is 1. The van der Waals surface area contributed by atoms with Gasteiger partial charge in [-0.3, -0.25) is 4.79 Å². The second kappa shape index (κ2) is 3.28. The molecule has 0 spiro atoms. The average molecular weight is 199 g/mol. The number of Topliss-reactive ketones (excluding diaryl/α,β-unsaturated/α-hetero) is 1. The monoisotopic (exact) mass is 198 g/mol. The SMILES string of the molecule is O=C1CCCCC(Cl)C1(F)Cl. The summed E-state index contributed by atoms with van der Waals surface area (Å²) in [7, 11) is 0. The lowest BCUT2D eigenvalue weighted by Crippen LogP contribution is -2.35. The maximum absolute atomic E-state index is 13.2. The maximum atomic E-state index is 13.2. The van der Waals surface area contributed by atoms with E-state index >= 15 is 0 Å². The molecule has 0 radical (unpaired) electrons. The Labute approximate surface area is 74.9 Å². The smallest absolute Gasteiger partial charge is 0.257 e. The molecule has 0 amide bonds. The molecule has 64 valence electrons. The van der Waals surface area contributed by atoms with Crippen LogP contribution < -0.4 is 0 Å². The summed E-state index contributed by atoms with van der Waals surface area (Å²) in [6.45, 7) is 0. The second-order valence-electron chi connectivity index (χ2n) is 2.76. The van der Waals surface area contributed by atoms with E-state index in [1.165, 1.54) is 0 Å². The lowest BCUT2D eigenvalue weighted by atomic mass is 10.1. The van der Waals surface area contributed by atoms with Crippen molar-refractivity contribution >= 4 is 29.0 Å². The number of carbonyl (C=O) groups excluding carboxylic acids is 1. The van der Waals surface area contributed by atoms with Crippen LogP contribution in [0.25, 0.3) is 0 Å². The minimum absolute atomic E-state index is 0.212. The van der Waals surface area contributed by atoms with Gasteiger partial charge in [0.25, 0.3) is 5.13 Å². The predicted molar refractivity (Wildman–Crippen MR) is 42.8 cm³/mol. The molecular formula is C7H9Cl2FO. The molecule has 0 heterocycles. The van der Waals surface area contributed by atoms with E-state index in [0.717, 1.165) is 6.42 Å². The molecule has 1 aliphatic carbocycles. The number of ketones is 1. The van der Waals surface area contributed by atoms with Crippen LogP contribution in [-0.4, -0.2) is 16.3 Å². The van der Waals surface area contributed by atoms with Crippen molar-refractivity contribution in [1.29, 1.82) is 0 Å². The van der Waals surface area contributed by atoms with Gasteiger partial charge in [0.1, 0.15) is 0 Å². The zero-order chi connectivity index (χ0) is 8.48. The van der Waals surface area contributed by atoms with E-state index in [-0.39, 0.29) is 6.42 Å². The fourth-order valence-electron chi connectivity index (χ4n) is 1.13. The Kier molecular flexibility index (Phi) is 2.76. The first-order chi connectivity index (χ1) is 5.05. The van der Waals surface area contributed by atoms with Crippen molar-refractivity contribution < 1.29 is 9.18 Å². The number of hydrogen-bond donors (Lipinski definition) is 0. The summed E-state index contributed by atoms with van der Waals surface area (Å²) in [5.74, 6) is -0.573. The normalized spacial score (nSPS) is 40.3. The van der Waals surface area contributed by atoms with Crippen molar-refractivity contribution in [3.63, 3.8) is 0 Å². The first-order valence-electron chi connectivity index (χ1n) is 3.60. The summed E-state index contributed by atoms with van der Waals surface area (Å²) in [6, 6.07) is 0. The van der Waals surface area contributed by atoms with Gasteiger partial charge in [0.2, 0.25) is 0 Å². The lowest BCUT2D eigenvalue weighted by molar-refractivity contribution is -0.125. The number of rotatable bonds is 0.